The van der Waals surface area contributed by atoms with E-state index in [1.165, 1.54) is 11.3 Å². The monoisotopic (exact) mass is 200 g/mol. The molecule has 2 aromatic heterocycles. The zero-order valence-electron chi connectivity index (χ0n) is 6.24. The zero-order valence-corrected chi connectivity index (χ0v) is 7.82. The van der Waals surface area contributed by atoms with E-state index >= 15 is 0 Å². The minimum atomic E-state index is 0.493. The lowest BCUT2D eigenvalue weighted by molar-refractivity contribution is 0.534. The number of aromatic nitrogens is 2. The number of hydrogen-bond donors (Lipinski definition) is 0. The third kappa shape index (κ3) is 1.23. The third-order valence-corrected chi connectivity index (χ3v) is 2.67. The second-order valence-electron chi connectivity index (χ2n) is 2.22. The summed E-state index contributed by atoms with van der Waals surface area (Å²) in [6, 6.07) is 1.81. The maximum Gasteiger partial charge on any atom is 0.259 e. The van der Waals surface area contributed by atoms with Crippen molar-refractivity contribution < 1.29 is 4.42 Å². The first kappa shape index (κ1) is 7.76. The fraction of sp³-hybridized carbons (Fsp3) is 0.143. The summed E-state index contributed by atoms with van der Waals surface area (Å²) in [5, 5.41) is 10.1. The Morgan fingerprint density at radius 3 is 2.83 bits per heavy atom. The van der Waals surface area contributed by atoms with Crippen molar-refractivity contribution in [1.82, 2.24) is 10.2 Å². The average molecular weight is 201 g/mol. The van der Waals surface area contributed by atoms with Gasteiger partial charge in [0, 0.05) is 6.92 Å². The van der Waals surface area contributed by atoms with Crippen LogP contribution in [0.1, 0.15) is 5.89 Å². The lowest BCUT2D eigenvalue weighted by Gasteiger charge is -1.86. The van der Waals surface area contributed by atoms with E-state index in [2.05, 4.69) is 10.2 Å². The van der Waals surface area contributed by atoms with E-state index in [4.69, 9.17) is 16.0 Å². The van der Waals surface area contributed by atoms with Gasteiger partial charge >= 0.3 is 0 Å². The zero-order chi connectivity index (χ0) is 8.55. The number of hydrogen-bond acceptors (Lipinski definition) is 4. The summed E-state index contributed by atoms with van der Waals surface area (Å²) in [7, 11) is 0. The van der Waals surface area contributed by atoms with Crippen LogP contribution >= 0.6 is 22.9 Å². The summed E-state index contributed by atoms with van der Waals surface area (Å²) < 4.78 is 5.21. The van der Waals surface area contributed by atoms with Gasteiger partial charge in [-0.2, -0.15) is 0 Å². The first-order valence-electron chi connectivity index (χ1n) is 3.31. The molecule has 0 spiro atoms. The number of nitrogens with zero attached hydrogens (tertiary/aromatic N) is 2. The molecule has 0 aromatic carbocycles. The molecule has 12 heavy (non-hydrogen) atoms. The standard InChI is InChI=1S/C7H5ClN2OS/c1-4-9-10-7(11-4)6-5(8)2-3-12-6/h2-3H,1H3. The summed E-state index contributed by atoms with van der Waals surface area (Å²) in [5.41, 5.74) is 0. The minimum absolute atomic E-state index is 0.493. The summed E-state index contributed by atoms with van der Waals surface area (Å²) >= 11 is 7.35. The van der Waals surface area contributed by atoms with Gasteiger partial charge in [-0.15, -0.1) is 21.5 Å². The molecule has 0 amide bonds. The molecular formula is C7H5ClN2OS. The maximum atomic E-state index is 5.87. The molecule has 62 valence electrons. The number of thiophene rings is 1. The van der Waals surface area contributed by atoms with Crippen LogP contribution in [0.3, 0.4) is 0 Å². The molecule has 2 aromatic rings. The molecule has 3 nitrogen and oxygen atoms in total. The van der Waals surface area contributed by atoms with Gasteiger partial charge in [-0.05, 0) is 11.4 Å². The Hall–Kier alpha value is -0.870. The Labute approximate surface area is 78.0 Å². The first-order valence-corrected chi connectivity index (χ1v) is 4.56. The van der Waals surface area contributed by atoms with Crippen molar-refractivity contribution in [2.75, 3.05) is 0 Å². The highest BCUT2D eigenvalue weighted by Crippen LogP contribution is 2.31. The normalized spacial score (nSPS) is 10.5. The van der Waals surface area contributed by atoms with Gasteiger partial charge in [0.25, 0.3) is 5.89 Å². The number of halogens is 1. The fourth-order valence-corrected chi connectivity index (χ4v) is 1.89. The number of aryl methyl sites for hydroxylation is 1. The molecule has 0 aliphatic rings. The van der Waals surface area contributed by atoms with Gasteiger partial charge in [0.2, 0.25) is 5.89 Å². The Morgan fingerprint density at radius 2 is 2.33 bits per heavy atom. The van der Waals surface area contributed by atoms with Crippen molar-refractivity contribution in [1.29, 1.82) is 0 Å². The van der Waals surface area contributed by atoms with Crippen molar-refractivity contribution in [2.24, 2.45) is 0 Å². The van der Waals surface area contributed by atoms with Crippen LogP contribution in [-0.2, 0) is 0 Å². The topological polar surface area (TPSA) is 38.9 Å². The van der Waals surface area contributed by atoms with Crippen LogP contribution in [0.15, 0.2) is 15.9 Å². The maximum absolute atomic E-state index is 5.87. The van der Waals surface area contributed by atoms with Gasteiger partial charge in [-0.1, -0.05) is 11.6 Å². The SMILES string of the molecule is Cc1nnc(-c2sccc2Cl)o1. The van der Waals surface area contributed by atoms with Crippen LogP contribution in [0.25, 0.3) is 10.8 Å². The Bertz CT molecular complexity index is 396. The van der Waals surface area contributed by atoms with Crippen molar-refractivity contribution in [3.05, 3.63) is 22.4 Å². The van der Waals surface area contributed by atoms with Gasteiger partial charge in [0.15, 0.2) is 0 Å². The van der Waals surface area contributed by atoms with E-state index in [1.807, 2.05) is 5.38 Å². The van der Waals surface area contributed by atoms with E-state index in [-0.39, 0.29) is 0 Å². The van der Waals surface area contributed by atoms with Gasteiger partial charge < -0.3 is 4.42 Å². The highest BCUT2D eigenvalue weighted by molar-refractivity contribution is 7.14. The predicted molar refractivity (Wildman–Crippen MR) is 47.4 cm³/mol. The van der Waals surface area contributed by atoms with Crippen LogP contribution in [0.4, 0.5) is 0 Å². The quantitative estimate of drug-likeness (QED) is 0.711. The van der Waals surface area contributed by atoms with Crippen LogP contribution in [0, 0.1) is 6.92 Å². The molecule has 0 bridgehead atoms. The van der Waals surface area contributed by atoms with Crippen LogP contribution in [0.2, 0.25) is 5.02 Å². The Balaban J connectivity index is 2.50. The summed E-state index contributed by atoms with van der Waals surface area (Å²) in [6.45, 7) is 1.75. The van der Waals surface area contributed by atoms with Crippen LogP contribution in [-0.4, -0.2) is 10.2 Å². The van der Waals surface area contributed by atoms with Gasteiger partial charge in [0.1, 0.15) is 4.88 Å². The molecule has 0 aliphatic heterocycles. The van der Waals surface area contributed by atoms with Crippen molar-refractivity contribution in [2.45, 2.75) is 6.92 Å². The van der Waals surface area contributed by atoms with E-state index in [9.17, 15) is 0 Å². The molecule has 0 atom stereocenters. The fourth-order valence-electron chi connectivity index (χ4n) is 0.835. The summed E-state index contributed by atoms with van der Waals surface area (Å²) in [5.74, 6) is 1.04. The molecular weight excluding hydrogens is 196 g/mol. The van der Waals surface area contributed by atoms with Crippen LogP contribution in [0.5, 0.6) is 0 Å². The predicted octanol–water partition coefficient (Wildman–Crippen LogP) is 2.76. The largest absolute Gasteiger partial charge is 0.420 e. The molecule has 0 radical (unpaired) electrons. The molecule has 0 unspecified atom stereocenters. The smallest absolute Gasteiger partial charge is 0.259 e. The van der Waals surface area contributed by atoms with E-state index in [0.717, 1.165) is 4.88 Å². The van der Waals surface area contributed by atoms with Crippen LogP contribution < -0.4 is 0 Å². The van der Waals surface area contributed by atoms with Gasteiger partial charge in [-0.25, -0.2) is 0 Å². The van der Waals surface area contributed by atoms with Gasteiger partial charge in [-0.3, -0.25) is 0 Å². The lowest BCUT2D eigenvalue weighted by Crippen LogP contribution is -1.72. The molecule has 5 heteroatoms. The first-order chi connectivity index (χ1) is 5.77. The average Bonchev–Trinajstić information content (AvgIpc) is 2.58. The summed E-state index contributed by atoms with van der Waals surface area (Å²) in [6.07, 6.45) is 0. The molecule has 0 saturated heterocycles. The minimum Gasteiger partial charge on any atom is -0.420 e. The van der Waals surface area contributed by atoms with E-state index in [1.54, 1.807) is 13.0 Å². The number of rotatable bonds is 1. The highest BCUT2D eigenvalue weighted by atomic mass is 35.5. The van der Waals surface area contributed by atoms with E-state index in [0.29, 0.717) is 16.8 Å². The Morgan fingerprint density at radius 1 is 1.50 bits per heavy atom. The van der Waals surface area contributed by atoms with Crippen molar-refractivity contribution in [3.63, 3.8) is 0 Å². The second-order valence-corrected chi connectivity index (χ2v) is 3.55. The molecule has 0 aliphatic carbocycles. The highest BCUT2D eigenvalue weighted by Gasteiger charge is 2.10. The van der Waals surface area contributed by atoms with E-state index < -0.39 is 0 Å². The van der Waals surface area contributed by atoms with Crippen molar-refractivity contribution >= 4 is 22.9 Å². The molecule has 0 saturated carbocycles. The molecule has 0 fully saturated rings. The molecule has 0 N–H and O–H groups in total. The van der Waals surface area contributed by atoms with Gasteiger partial charge in [0.05, 0.1) is 5.02 Å². The van der Waals surface area contributed by atoms with Crippen molar-refractivity contribution in [3.8, 4) is 10.8 Å². The lowest BCUT2D eigenvalue weighted by atomic mass is 10.5. The molecule has 2 heterocycles. The Kier molecular flexibility index (Phi) is 1.86. The summed E-state index contributed by atoms with van der Waals surface area (Å²) in [4.78, 5) is 0.831. The molecule has 2 rings (SSSR count). The second kappa shape index (κ2) is 2.88. The third-order valence-electron chi connectivity index (χ3n) is 1.34.